The maximum atomic E-state index is 11.1. The van der Waals surface area contributed by atoms with Gasteiger partial charge in [-0.05, 0) is 80.6 Å². The Labute approximate surface area is 171 Å². The number of carbonyl (C=O) groups excluding carboxylic acids is 2. The van der Waals surface area contributed by atoms with Gasteiger partial charge in [0.05, 0.1) is 5.71 Å². The molecular weight excluding hydrogens is 368 g/mol. The summed E-state index contributed by atoms with van der Waals surface area (Å²) in [5.74, 6) is 1.95. The van der Waals surface area contributed by atoms with Gasteiger partial charge in [0.15, 0.2) is 0 Å². The molecule has 0 aromatic carbocycles. The number of hydrogen-bond donors (Lipinski definition) is 4. The highest BCUT2D eigenvalue weighted by atomic mass is 16.2. The number of urea groups is 2. The Hall–Kier alpha value is -2.38. The number of fused-ring (bicyclic) bond motifs is 5. The molecule has 8 heteroatoms. The van der Waals surface area contributed by atoms with E-state index in [0.717, 1.165) is 49.9 Å². The number of amides is 4. The van der Waals surface area contributed by atoms with E-state index in [1.165, 1.54) is 18.4 Å². The Morgan fingerprint density at radius 2 is 1.62 bits per heavy atom. The van der Waals surface area contributed by atoms with Crippen molar-refractivity contribution in [3.05, 3.63) is 11.6 Å². The first-order valence-electron chi connectivity index (χ1n) is 10.7. The Morgan fingerprint density at radius 1 is 0.931 bits per heavy atom. The van der Waals surface area contributed by atoms with Crippen LogP contribution in [-0.4, -0.2) is 23.5 Å². The number of hydrogen-bond acceptors (Lipinski definition) is 4. The molecule has 4 amide bonds. The summed E-state index contributed by atoms with van der Waals surface area (Å²) in [6.45, 7) is 4.76. The number of nitrogens with zero attached hydrogens (tertiary/aromatic N) is 2. The molecule has 0 saturated heterocycles. The summed E-state index contributed by atoms with van der Waals surface area (Å²) in [5.41, 5.74) is 19.0. The second-order valence-corrected chi connectivity index (χ2v) is 9.61. The van der Waals surface area contributed by atoms with Crippen LogP contribution in [0.2, 0.25) is 0 Å². The molecule has 158 valence electrons. The van der Waals surface area contributed by atoms with Gasteiger partial charge in [0.25, 0.3) is 0 Å². The van der Waals surface area contributed by atoms with E-state index in [0.29, 0.717) is 17.8 Å². The zero-order valence-electron chi connectivity index (χ0n) is 17.3. The monoisotopic (exact) mass is 400 g/mol. The first-order valence-corrected chi connectivity index (χ1v) is 10.7. The van der Waals surface area contributed by atoms with Crippen LogP contribution in [0.4, 0.5) is 9.59 Å². The lowest BCUT2D eigenvalue weighted by Crippen LogP contribution is -2.50. The number of rotatable bonds is 2. The molecule has 0 aromatic rings. The number of allylic oxidation sites excluding steroid dienone is 2. The second kappa shape index (κ2) is 7.15. The zero-order chi connectivity index (χ0) is 20.8. The highest BCUT2D eigenvalue weighted by Gasteiger charge is 2.58. The van der Waals surface area contributed by atoms with Crippen molar-refractivity contribution in [3.63, 3.8) is 0 Å². The van der Waals surface area contributed by atoms with Crippen LogP contribution in [0.1, 0.15) is 65.2 Å². The number of carbonyl (C=O) groups is 2. The third-order valence-corrected chi connectivity index (χ3v) is 8.33. The number of nitrogens with two attached hydrogens (primary N) is 2. The van der Waals surface area contributed by atoms with Crippen LogP contribution in [0.5, 0.6) is 0 Å². The van der Waals surface area contributed by atoms with Gasteiger partial charge in [-0.1, -0.05) is 19.4 Å². The lowest BCUT2D eigenvalue weighted by Gasteiger charge is -2.57. The predicted molar refractivity (Wildman–Crippen MR) is 112 cm³/mol. The minimum absolute atomic E-state index is 0.0634. The van der Waals surface area contributed by atoms with E-state index in [9.17, 15) is 9.59 Å². The summed E-state index contributed by atoms with van der Waals surface area (Å²) in [4.78, 5) is 22.1. The van der Waals surface area contributed by atoms with E-state index < -0.39 is 12.1 Å². The first-order chi connectivity index (χ1) is 13.7. The first kappa shape index (κ1) is 19.9. The molecule has 0 unspecified atom stereocenters. The fourth-order valence-corrected chi connectivity index (χ4v) is 6.88. The predicted octanol–water partition coefficient (Wildman–Crippen LogP) is 3.00. The number of hydrazone groups is 2. The van der Waals surface area contributed by atoms with Gasteiger partial charge in [-0.2, -0.15) is 10.2 Å². The van der Waals surface area contributed by atoms with Gasteiger partial charge in [-0.25, -0.2) is 20.4 Å². The maximum absolute atomic E-state index is 11.1. The molecule has 0 aromatic heterocycles. The van der Waals surface area contributed by atoms with Crippen LogP contribution in [0.15, 0.2) is 21.9 Å². The summed E-state index contributed by atoms with van der Waals surface area (Å²) in [7, 11) is 0. The molecule has 3 fully saturated rings. The average molecular weight is 401 g/mol. The third-order valence-electron chi connectivity index (χ3n) is 8.33. The van der Waals surface area contributed by atoms with Crippen molar-refractivity contribution in [2.45, 2.75) is 65.2 Å². The normalized spacial score (nSPS) is 41.2. The third kappa shape index (κ3) is 3.32. The Balaban J connectivity index is 1.57. The summed E-state index contributed by atoms with van der Waals surface area (Å²) in [5, 5.41) is 8.55. The topological polar surface area (TPSA) is 135 Å². The SMILES string of the molecule is C[C@]12CC/C(=N/NC(N)=O)C=C1CC[C@H]1[C@H]2CC[C@]2(C)/C(=N/NC(N)=O)CC[C@H]12. The molecule has 8 nitrogen and oxygen atoms in total. The highest BCUT2D eigenvalue weighted by Crippen LogP contribution is 2.64. The summed E-state index contributed by atoms with van der Waals surface area (Å²) < 4.78 is 0. The molecule has 4 aliphatic carbocycles. The quantitative estimate of drug-likeness (QED) is 0.530. The van der Waals surface area contributed by atoms with Crippen LogP contribution in [0.3, 0.4) is 0 Å². The molecule has 0 heterocycles. The van der Waals surface area contributed by atoms with Crippen molar-refractivity contribution < 1.29 is 9.59 Å². The van der Waals surface area contributed by atoms with Gasteiger partial charge < -0.3 is 11.5 Å². The standard InChI is InChI=1S/C21H32N6O2/c1-20-9-7-13(24-26-18(22)28)11-12(20)3-4-14-15-5-6-17(25-27-19(23)29)21(15,2)10-8-16(14)20/h11,14-16H,3-10H2,1-2H3,(H3,22,26,28)(H3,23,27,29)/b24-13-,25-17+/t14-,15-,16-,20+,21+/m1/s1. The van der Waals surface area contributed by atoms with Crippen LogP contribution in [0.25, 0.3) is 0 Å². The lowest BCUT2D eigenvalue weighted by molar-refractivity contribution is -0.0155. The van der Waals surface area contributed by atoms with Gasteiger partial charge in [0.2, 0.25) is 0 Å². The minimum atomic E-state index is -0.621. The number of primary amides is 2. The van der Waals surface area contributed by atoms with Gasteiger partial charge in [-0.3, -0.25) is 0 Å². The fraction of sp³-hybridized carbons (Fsp3) is 0.714. The van der Waals surface area contributed by atoms with E-state index in [2.05, 4.69) is 41.0 Å². The summed E-state index contributed by atoms with van der Waals surface area (Å²) in [6.07, 6.45) is 10.7. The van der Waals surface area contributed by atoms with Crippen molar-refractivity contribution >= 4 is 23.5 Å². The van der Waals surface area contributed by atoms with E-state index in [-0.39, 0.29) is 10.8 Å². The Morgan fingerprint density at radius 3 is 2.34 bits per heavy atom. The maximum Gasteiger partial charge on any atom is 0.332 e. The van der Waals surface area contributed by atoms with Gasteiger partial charge in [-0.15, -0.1) is 0 Å². The largest absolute Gasteiger partial charge is 0.350 e. The average Bonchev–Trinajstić information content (AvgIpc) is 3.01. The van der Waals surface area contributed by atoms with Crippen molar-refractivity contribution in [2.24, 2.45) is 50.3 Å². The van der Waals surface area contributed by atoms with Gasteiger partial charge >= 0.3 is 12.1 Å². The summed E-state index contributed by atoms with van der Waals surface area (Å²) >= 11 is 0. The van der Waals surface area contributed by atoms with Gasteiger partial charge in [0, 0.05) is 11.1 Å². The van der Waals surface area contributed by atoms with Crippen molar-refractivity contribution in [2.75, 3.05) is 0 Å². The molecule has 29 heavy (non-hydrogen) atoms. The summed E-state index contributed by atoms with van der Waals surface area (Å²) in [6, 6.07) is -1.22. The number of nitrogens with one attached hydrogen (secondary N) is 2. The molecule has 5 atom stereocenters. The van der Waals surface area contributed by atoms with Crippen LogP contribution in [-0.2, 0) is 0 Å². The minimum Gasteiger partial charge on any atom is -0.350 e. The Kier molecular flexibility index (Phi) is 4.91. The van der Waals surface area contributed by atoms with E-state index in [4.69, 9.17) is 11.5 Å². The molecular formula is C21H32N6O2. The van der Waals surface area contributed by atoms with Gasteiger partial charge in [0.1, 0.15) is 0 Å². The van der Waals surface area contributed by atoms with Crippen molar-refractivity contribution in [3.8, 4) is 0 Å². The zero-order valence-corrected chi connectivity index (χ0v) is 17.3. The highest BCUT2D eigenvalue weighted by molar-refractivity contribution is 5.97. The van der Waals surface area contributed by atoms with E-state index >= 15 is 0 Å². The molecule has 6 N–H and O–H groups in total. The molecule has 0 aliphatic heterocycles. The van der Waals surface area contributed by atoms with Crippen LogP contribution in [0, 0.1) is 28.6 Å². The second-order valence-electron chi connectivity index (χ2n) is 9.61. The van der Waals surface area contributed by atoms with Crippen LogP contribution < -0.4 is 22.3 Å². The van der Waals surface area contributed by atoms with Crippen molar-refractivity contribution in [1.82, 2.24) is 10.9 Å². The van der Waals surface area contributed by atoms with E-state index in [1.807, 2.05) is 0 Å². The molecule has 0 radical (unpaired) electrons. The molecule has 4 rings (SSSR count). The molecule has 0 spiro atoms. The van der Waals surface area contributed by atoms with Crippen LogP contribution >= 0.6 is 0 Å². The molecule has 0 bridgehead atoms. The smallest absolute Gasteiger partial charge is 0.332 e. The molecule has 3 saturated carbocycles. The Bertz CT molecular complexity index is 818. The van der Waals surface area contributed by atoms with E-state index in [1.54, 1.807) is 0 Å². The fourth-order valence-electron chi connectivity index (χ4n) is 6.88. The lowest BCUT2D eigenvalue weighted by atomic mass is 9.47. The van der Waals surface area contributed by atoms with Crippen molar-refractivity contribution in [1.29, 1.82) is 0 Å². The molecule has 4 aliphatic rings.